The van der Waals surface area contributed by atoms with Gasteiger partial charge in [0, 0.05) is 18.9 Å². The summed E-state index contributed by atoms with van der Waals surface area (Å²) in [5, 5.41) is 15.3. The zero-order chi connectivity index (χ0) is 35.6. The lowest BCUT2D eigenvalue weighted by Crippen LogP contribution is -2.51. The number of allylic oxidation sites excluding steroid dienone is 2. The summed E-state index contributed by atoms with van der Waals surface area (Å²) >= 11 is 0. The van der Waals surface area contributed by atoms with Crippen molar-refractivity contribution in [2.45, 2.75) is 83.3 Å². The molecule has 2 aromatic carbocycles. The first-order chi connectivity index (χ1) is 23.5. The van der Waals surface area contributed by atoms with Crippen LogP contribution in [0.25, 0.3) is 11.1 Å². The second-order valence-electron chi connectivity index (χ2n) is 13.9. The Balaban J connectivity index is 1.36. The van der Waals surface area contributed by atoms with Crippen molar-refractivity contribution in [3.05, 3.63) is 85.0 Å². The minimum Gasteiger partial charge on any atom is -0.462 e. The van der Waals surface area contributed by atoms with Gasteiger partial charge in [-0.1, -0.05) is 81.5 Å². The number of esters is 1. The minimum atomic E-state index is -0.990. The Morgan fingerprint density at radius 1 is 0.980 bits per heavy atom. The van der Waals surface area contributed by atoms with Crippen molar-refractivity contribution < 1.29 is 33.8 Å². The standard InChI is InChI=1S/C39H51N3O7/c1-6-8-20-33(40-38(47)49-24-32-30-18-11-9-16-28(30)29-17-10-12-19-31(29)32)37(46)48-25-34(39(3,4)5)41-36(45)26(14-7-2)22-35(44)42-21-13-15-27(42)23-43/h6-7,9-12,16-19,26-27,32-34,43H,1-2,8,13-15,20-25H2,3-5H3,(H,40,47)(H,41,45). The van der Waals surface area contributed by atoms with Gasteiger partial charge in [-0.05, 0) is 59.8 Å². The van der Waals surface area contributed by atoms with Crippen LogP contribution < -0.4 is 10.6 Å². The highest BCUT2D eigenvalue weighted by Crippen LogP contribution is 2.44. The molecule has 4 unspecified atom stereocenters. The van der Waals surface area contributed by atoms with Crippen LogP contribution in [0.3, 0.4) is 0 Å². The Bertz CT molecular complexity index is 1450. The number of carbonyl (C=O) groups is 4. The number of hydrogen-bond donors (Lipinski definition) is 3. The van der Waals surface area contributed by atoms with Crippen LogP contribution in [0.1, 0.15) is 76.3 Å². The molecule has 0 aromatic heterocycles. The summed E-state index contributed by atoms with van der Waals surface area (Å²) in [7, 11) is 0. The third-order valence-electron chi connectivity index (χ3n) is 9.49. The lowest BCUT2D eigenvalue weighted by Gasteiger charge is -2.33. The molecule has 4 atom stereocenters. The maximum absolute atomic E-state index is 13.5. The van der Waals surface area contributed by atoms with Crippen LogP contribution in [0.4, 0.5) is 4.79 Å². The van der Waals surface area contributed by atoms with Gasteiger partial charge in [-0.25, -0.2) is 9.59 Å². The number of nitrogens with zero attached hydrogens (tertiary/aromatic N) is 1. The summed E-state index contributed by atoms with van der Waals surface area (Å²) in [6.07, 6.45) is 5.08. The molecular formula is C39H51N3O7. The first-order valence-corrected chi connectivity index (χ1v) is 17.2. The van der Waals surface area contributed by atoms with Crippen LogP contribution in [0.2, 0.25) is 0 Å². The fourth-order valence-corrected chi connectivity index (χ4v) is 6.55. The van der Waals surface area contributed by atoms with E-state index in [2.05, 4.69) is 35.9 Å². The van der Waals surface area contributed by atoms with Gasteiger partial charge in [-0.2, -0.15) is 0 Å². The molecule has 0 radical (unpaired) electrons. The minimum absolute atomic E-state index is 0.0152. The van der Waals surface area contributed by atoms with E-state index in [1.807, 2.05) is 57.2 Å². The summed E-state index contributed by atoms with van der Waals surface area (Å²) in [5.74, 6) is -1.97. The van der Waals surface area contributed by atoms with Gasteiger partial charge in [-0.3, -0.25) is 9.59 Å². The van der Waals surface area contributed by atoms with Crippen molar-refractivity contribution in [1.82, 2.24) is 15.5 Å². The predicted molar refractivity (Wildman–Crippen MR) is 189 cm³/mol. The van der Waals surface area contributed by atoms with E-state index in [4.69, 9.17) is 9.47 Å². The largest absolute Gasteiger partial charge is 0.462 e. The van der Waals surface area contributed by atoms with Gasteiger partial charge < -0.3 is 30.1 Å². The number of rotatable bonds is 16. The number of alkyl carbamates (subject to hydrolysis) is 1. The predicted octanol–water partition coefficient (Wildman–Crippen LogP) is 5.50. The van der Waals surface area contributed by atoms with Crippen molar-refractivity contribution in [3.63, 3.8) is 0 Å². The van der Waals surface area contributed by atoms with Crippen molar-refractivity contribution in [1.29, 1.82) is 0 Å². The number of benzene rings is 2. The van der Waals surface area contributed by atoms with E-state index in [1.165, 1.54) is 0 Å². The van der Waals surface area contributed by atoms with E-state index < -0.39 is 35.5 Å². The molecule has 264 valence electrons. The lowest BCUT2D eigenvalue weighted by molar-refractivity contribution is -0.148. The van der Waals surface area contributed by atoms with Gasteiger partial charge in [0.05, 0.1) is 24.6 Å². The van der Waals surface area contributed by atoms with E-state index in [0.29, 0.717) is 19.4 Å². The average Bonchev–Trinajstić information content (AvgIpc) is 3.69. The van der Waals surface area contributed by atoms with Crippen LogP contribution in [0.5, 0.6) is 0 Å². The molecule has 3 N–H and O–H groups in total. The Morgan fingerprint density at radius 2 is 1.63 bits per heavy atom. The zero-order valence-corrected chi connectivity index (χ0v) is 29.0. The molecule has 1 aliphatic heterocycles. The molecule has 1 saturated heterocycles. The van der Waals surface area contributed by atoms with Gasteiger partial charge in [0.15, 0.2) is 0 Å². The smallest absolute Gasteiger partial charge is 0.407 e. The fourth-order valence-electron chi connectivity index (χ4n) is 6.55. The summed E-state index contributed by atoms with van der Waals surface area (Å²) < 4.78 is 11.4. The molecule has 3 amide bonds. The number of hydrogen-bond acceptors (Lipinski definition) is 7. The fraction of sp³-hybridized carbons (Fsp3) is 0.487. The summed E-state index contributed by atoms with van der Waals surface area (Å²) in [4.78, 5) is 54.6. The number of likely N-dealkylation sites (tertiary alicyclic amines) is 1. The Kier molecular flexibility index (Phi) is 13.2. The molecule has 10 heteroatoms. The second-order valence-corrected chi connectivity index (χ2v) is 13.9. The van der Waals surface area contributed by atoms with E-state index in [0.717, 1.165) is 35.1 Å². The molecule has 1 fully saturated rings. The molecule has 1 aliphatic carbocycles. The lowest BCUT2D eigenvalue weighted by atomic mass is 9.86. The number of nitrogens with one attached hydrogen (secondary N) is 2. The maximum Gasteiger partial charge on any atom is 0.407 e. The molecule has 10 nitrogen and oxygen atoms in total. The average molecular weight is 674 g/mol. The summed E-state index contributed by atoms with van der Waals surface area (Å²) in [6, 6.07) is 14.3. The van der Waals surface area contributed by atoms with Crippen LogP contribution >= 0.6 is 0 Å². The third-order valence-corrected chi connectivity index (χ3v) is 9.49. The molecule has 2 aromatic rings. The van der Waals surface area contributed by atoms with Gasteiger partial charge >= 0.3 is 12.1 Å². The third kappa shape index (κ3) is 9.59. The molecule has 4 rings (SSSR count). The zero-order valence-electron chi connectivity index (χ0n) is 29.0. The number of aliphatic hydroxyl groups excluding tert-OH is 1. The number of amides is 3. The first kappa shape index (κ1) is 37.4. The molecule has 0 spiro atoms. The number of carbonyl (C=O) groups excluding carboxylic acids is 4. The number of aliphatic hydroxyl groups is 1. The van der Waals surface area contributed by atoms with Crippen LogP contribution in [0, 0.1) is 11.3 Å². The number of fused-ring (bicyclic) bond motifs is 3. The van der Waals surface area contributed by atoms with Gasteiger partial charge in [0.1, 0.15) is 19.3 Å². The van der Waals surface area contributed by atoms with Crippen molar-refractivity contribution in [2.75, 3.05) is 26.4 Å². The van der Waals surface area contributed by atoms with Crippen LogP contribution in [0.15, 0.2) is 73.8 Å². The van der Waals surface area contributed by atoms with Crippen molar-refractivity contribution in [3.8, 4) is 11.1 Å². The summed E-state index contributed by atoms with van der Waals surface area (Å²) in [6.45, 7) is 13.7. The highest BCUT2D eigenvalue weighted by Gasteiger charge is 2.35. The monoisotopic (exact) mass is 673 g/mol. The maximum atomic E-state index is 13.5. The highest BCUT2D eigenvalue weighted by atomic mass is 16.6. The van der Waals surface area contributed by atoms with Gasteiger partial charge in [-0.15, -0.1) is 13.2 Å². The topological polar surface area (TPSA) is 134 Å². The molecule has 0 bridgehead atoms. The second kappa shape index (κ2) is 17.3. The van der Waals surface area contributed by atoms with Gasteiger partial charge in [0.25, 0.3) is 0 Å². The van der Waals surface area contributed by atoms with Crippen LogP contribution in [-0.4, -0.2) is 78.4 Å². The van der Waals surface area contributed by atoms with E-state index in [-0.39, 0.29) is 56.4 Å². The Hall–Kier alpha value is -4.44. The van der Waals surface area contributed by atoms with E-state index >= 15 is 0 Å². The molecule has 2 aliphatic rings. The number of ether oxygens (including phenoxy) is 2. The molecule has 0 saturated carbocycles. The SMILES string of the molecule is C=CCCC(NC(=O)OCC1c2ccccc2-c2ccccc21)C(=O)OCC(NC(=O)C(CC=C)CC(=O)N1CCCC1CO)C(C)(C)C. The quantitative estimate of drug-likeness (QED) is 0.158. The van der Waals surface area contributed by atoms with E-state index in [9.17, 15) is 24.3 Å². The van der Waals surface area contributed by atoms with Crippen molar-refractivity contribution >= 4 is 23.9 Å². The van der Waals surface area contributed by atoms with E-state index in [1.54, 1.807) is 17.1 Å². The molecule has 49 heavy (non-hydrogen) atoms. The van der Waals surface area contributed by atoms with Crippen LogP contribution in [-0.2, 0) is 23.9 Å². The summed E-state index contributed by atoms with van der Waals surface area (Å²) in [5.41, 5.74) is 3.89. The Morgan fingerprint density at radius 3 is 2.22 bits per heavy atom. The Labute approximate surface area is 289 Å². The normalized spacial score (nSPS) is 17.2. The molecule has 1 heterocycles. The van der Waals surface area contributed by atoms with Crippen molar-refractivity contribution in [2.24, 2.45) is 11.3 Å². The van der Waals surface area contributed by atoms with Gasteiger partial charge in [0.2, 0.25) is 11.8 Å². The first-order valence-electron chi connectivity index (χ1n) is 17.2. The highest BCUT2D eigenvalue weighted by molar-refractivity contribution is 5.86. The molecular weight excluding hydrogens is 622 g/mol.